The molecule has 5 nitrogen and oxygen atoms in total. The molecule has 0 bridgehead atoms. The fourth-order valence-electron chi connectivity index (χ4n) is 4.55. The summed E-state index contributed by atoms with van der Waals surface area (Å²) in [6, 6.07) is 7.48. The second-order valence-electron chi connectivity index (χ2n) is 8.11. The molecule has 146 valence electrons. The molecule has 1 saturated heterocycles. The Bertz CT molecular complexity index is 697. The van der Waals surface area contributed by atoms with E-state index < -0.39 is 0 Å². The number of nitrogens with zero attached hydrogens (tertiary/aromatic N) is 3. The van der Waals surface area contributed by atoms with E-state index in [4.69, 9.17) is 0 Å². The maximum Gasteiger partial charge on any atom is 0.123 e. The van der Waals surface area contributed by atoms with Crippen LogP contribution >= 0.6 is 0 Å². The van der Waals surface area contributed by atoms with Gasteiger partial charge >= 0.3 is 0 Å². The maximum absolute atomic E-state index is 13.0. The quantitative estimate of drug-likeness (QED) is 0.818. The van der Waals surface area contributed by atoms with Crippen LogP contribution in [0.5, 0.6) is 0 Å². The van der Waals surface area contributed by atoms with Crippen molar-refractivity contribution in [3.63, 3.8) is 0 Å². The van der Waals surface area contributed by atoms with Gasteiger partial charge in [-0.3, -0.25) is 4.90 Å². The van der Waals surface area contributed by atoms with Crippen molar-refractivity contribution in [3.8, 4) is 0 Å². The number of aliphatic hydroxyl groups excluding tert-OH is 1. The van der Waals surface area contributed by atoms with E-state index in [1.54, 1.807) is 6.20 Å². The van der Waals surface area contributed by atoms with Crippen LogP contribution in [-0.4, -0.2) is 50.8 Å². The summed E-state index contributed by atoms with van der Waals surface area (Å²) in [6.45, 7) is 3.89. The van der Waals surface area contributed by atoms with E-state index in [0.29, 0.717) is 12.0 Å². The molecule has 1 saturated carbocycles. The van der Waals surface area contributed by atoms with Crippen molar-refractivity contribution in [2.24, 2.45) is 5.92 Å². The Morgan fingerprint density at radius 1 is 1.15 bits per heavy atom. The number of hydrogen-bond donors (Lipinski definition) is 2. The molecule has 1 aromatic heterocycles. The highest BCUT2D eigenvalue weighted by atomic mass is 19.1. The molecule has 4 rings (SSSR count). The summed E-state index contributed by atoms with van der Waals surface area (Å²) >= 11 is 0. The molecular weight excluding hydrogens is 343 g/mol. The lowest BCUT2D eigenvalue weighted by molar-refractivity contribution is 0.124. The van der Waals surface area contributed by atoms with Gasteiger partial charge in [0.05, 0.1) is 12.4 Å². The molecule has 0 amide bonds. The Morgan fingerprint density at radius 3 is 2.63 bits per heavy atom. The van der Waals surface area contributed by atoms with E-state index >= 15 is 0 Å². The smallest absolute Gasteiger partial charge is 0.123 e. The number of halogens is 1. The van der Waals surface area contributed by atoms with Gasteiger partial charge in [0.1, 0.15) is 5.82 Å². The van der Waals surface area contributed by atoms with E-state index in [0.717, 1.165) is 57.4 Å². The van der Waals surface area contributed by atoms with Gasteiger partial charge in [0.15, 0.2) is 0 Å². The highest BCUT2D eigenvalue weighted by molar-refractivity contribution is 5.16. The number of rotatable bonds is 6. The van der Waals surface area contributed by atoms with Crippen LogP contribution in [0.2, 0.25) is 0 Å². The van der Waals surface area contributed by atoms with Crippen molar-refractivity contribution in [1.82, 2.24) is 19.8 Å². The lowest BCUT2D eigenvalue weighted by atomic mass is 10.0. The molecule has 1 aliphatic heterocycles. The zero-order valence-corrected chi connectivity index (χ0v) is 15.7. The average Bonchev–Trinajstić information content (AvgIpc) is 3.29. The molecule has 6 heteroatoms. The summed E-state index contributed by atoms with van der Waals surface area (Å²) in [6.07, 6.45) is 9.46. The van der Waals surface area contributed by atoms with Gasteiger partial charge < -0.3 is 15.0 Å². The number of imidazole rings is 1. The lowest BCUT2D eigenvalue weighted by Crippen LogP contribution is -2.48. The summed E-state index contributed by atoms with van der Waals surface area (Å²) in [4.78, 5) is 6.53. The minimum absolute atomic E-state index is 0.178. The van der Waals surface area contributed by atoms with Crippen molar-refractivity contribution in [1.29, 1.82) is 0 Å². The predicted molar refractivity (Wildman–Crippen MR) is 103 cm³/mol. The molecule has 1 aliphatic carbocycles. The third-order valence-electron chi connectivity index (χ3n) is 6.01. The molecule has 2 heterocycles. The fraction of sp³-hybridized carbons (Fsp3) is 0.571. The first-order valence-electron chi connectivity index (χ1n) is 10.0. The van der Waals surface area contributed by atoms with Crippen molar-refractivity contribution in [2.45, 2.75) is 57.0 Å². The van der Waals surface area contributed by atoms with E-state index in [1.165, 1.54) is 12.1 Å². The Morgan fingerprint density at radius 2 is 1.93 bits per heavy atom. The molecule has 0 spiro atoms. The van der Waals surface area contributed by atoms with Crippen LogP contribution in [0.3, 0.4) is 0 Å². The van der Waals surface area contributed by atoms with E-state index in [9.17, 15) is 9.50 Å². The Kier molecular flexibility index (Phi) is 5.86. The van der Waals surface area contributed by atoms with Crippen molar-refractivity contribution in [2.75, 3.05) is 13.1 Å². The normalized spacial score (nSPS) is 27.3. The highest BCUT2D eigenvalue weighted by Gasteiger charge is 2.34. The standard InChI is InChI=1S/C21H29FN4O/c22-18-3-1-16(2-4-18)13-25-8-5-19(6-9-25)24-20-11-17(12-21(20)27)14-26-10-7-23-15-26/h1-4,7,10,15,17,19-21,24,27H,5-6,8-9,11-14H2/t17?,20-,21-/m1/s1. The topological polar surface area (TPSA) is 53.3 Å². The Hall–Kier alpha value is -1.76. The van der Waals surface area contributed by atoms with Crippen LogP contribution in [0.25, 0.3) is 0 Å². The first-order valence-corrected chi connectivity index (χ1v) is 10.0. The number of nitrogens with one attached hydrogen (secondary N) is 1. The highest BCUT2D eigenvalue weighted by Crippen LogP contribution is 2.29. The van der Waals surface area contributed by atoms with Crippen LogP contribution in [0.1, 0.15) is 31.2 Å². The largest absolute Gasteiger partial charge is 0.391 e. The summed E-state index contributed by atoms with van der Waals surface area (Å²) in [5.74, 6) is 0.327. The van der Waals surface area contributed by atoms with Crippen molar-refractivity contribution < 1.29 is 9.50 Å². The lowest BCUT2D eigenvalue weighted by Gasteiger charge is -2.34. The average molecular weight is 372 g/mol. The third-order valence-corrected chi connectivity index (χ3v) is 6.01. The third kappa shape index (κ3) is 4.94. The second-order valence-corrected chi connectivity index (χ2v) is 8.11. The number of likely N-dealkylation sites (tertiary alicyclic amines) is 1. The molecule has 2 fully saturated rings. The van der Waals surface area contributed by atoms with Gasteiger partial charge in [-0.25, -0.2) is 9.37 Å². The monoisotopic (exact) mass is 372 g/mol. The number of aliphatic hydroxyl groups is 1. The molecule has 1 unspecified atom stereocenters. The summed E-state index contributed by atoms with van der Waals surface area (Å²) in [5.41, 5.74) is 1.16. The van der Waals surface area contributed by atoms with Crippen LogP contribution < -0.4 is 5.32 Å². The minimum Gasteiger partial charge on any atom is -0.391 e. The molecular formula is C21H29FN4O. The van der Waals surface area contributed by atoms with Gasteiger partial charge in [-0.15, -0.1) is 0 Å². The van der Waals surface area contributed by atoms with Gasteiger partial charge in [-0.2, -0.15) is 0 Å². The Labute approximate surface area is 160 Å². The van der Waals surface area contributed by atoms with Crippen molar-refractivity contribution in [3.05, 3.63) is 54.4 Å². The molecule has 2 N–H and O–H groups in total. The number of benzene rings is 1. The zero-order chi connectivity index (χ0) is 18.6. The molecule has 2 aromatic rings. The van der Waals surface area contributed by atoms with E-state index in [2.05, 4.69) is 19.8 Å². The first kappa shape index (κ1) is 18.6. The van der Waals surface area contributed by atoms with E-state index in [-0.39, 0.29) is 18.0 Å². The molecule has 1 aromatic carbocycles. The van der Waals surface area contributed by atoms with Gasteiger partial charge in [0, 0.05) is 37.6 Å². The summed E-state index contributed by atoms with van der Waals surface area (Å²) in [7, 11) is 0. The van der Waals surface area contributed by atoms with Crippen LogP contribution in [0.15, 0.2) is 43.0 Å². The van der Waals surface area contributed by atoms with Crippen LogP contribution in [0, 0.1) is 11.7 Å². The molecule has 0 radical (unpaired) electrons. The molecule has 2 aliphatic rings. The zero-order valence-electron chi connectivity index (χ0n) is 15.7. The maximum atomic E-state index is 13.0. The SMILES string of the molecule is O[C@@H]1CC(Cn2ccnc2)C[C@H]1NC1CCN(Cc2ccc(F)cc2)CC1. The van der Waals surface area contributed by atoms with Gasteiger partial charge in [-0.1, -0.05) is 12.1 Å². The summed E-state index contributed by atoms with van der Waals surface area (Å²) in [5, 5.41) is 14.2. The van der Waals surface area contributed by atoms with Crippen LogP contribution in [-0.2, 0) is 13.1 Å². The minimum atomic E-state index is -0.254. The second kappa shape index (κ2) is 8.50. The van der Waals surface area contributed by atoms with Crippen molar-refractivity contribution >= 4 is 0 Å². The number of piperidine rings is 1. The van der Waals surface area contributed by atoms with Crippen LogP contribution in [0.4, 0.5) is 4.39 Å². The number of aromatic nitrogens is 2. The Balaban J connectivity index is 1.21. The number of hydrogen-bond acceptors (Lipinski definition) is 4. The molecule has 27 heavy (non-hydrogen) atoms. The van der Waals surface area contributed by atoms with Gasteiger partial charge in [0.2, 0.25) is 0 Å². The van der Waals surface area contributed by atoms with E-state index in [1.807, 2.05) is 24.7 Å². The van der Waals surface area contributed by atoms with Gasteiger partial charge in [-0.05, 0) is 62.4 Å². The fourth-order valence-corrected chi connectivity index (χ4v) is 4.55. The summed E-state index contributed by atoms with van der Waals surface area (Å²) < 4.78 is 15.1. The first-order chi connectivity index (χ1) is 13.2. The molecule has 3 atom stereocenters. The predicted octanol–water partition coefficient (Wildman–Crippen LogP) is 2.42. The van der Waals surface area contributed by atoms with Gasteiger partial charge in [0.25, 0.3) is 0 Å².